The minimum atomic E-state index is 0.0249. The number of likely N-dealkylation sites (N-methyl/N-ethyl adjacent to an activating group) is 1. The Morgan fingerprint density at radius 3 is 2.71 bits per heavy atom. The van der Waals surface area contributed by atoms with Crippen LogP contribution in [0.25, 0.3) is 0 Å². The molecule has 0 aromatic rings. The van der Waals surface area contributed by atoms with Crippen LogP contribution in [0.2, 0.25) is 0 Å². The van der Waals surface area contributed by atoms with Crippen molar-refractivity contribution in [2.75, 3.05) is 20.2 Å². The molecule has 2 rings (SSSR count). The summed E-state index contributed by atoms with van der Waals surface area (Å²) in [5.41, 5.74) is 0.0916. The molecule has 98 valence electrons. The van der Waals surface area contributed by atoms with Crippen molar-refractivity contribution in [3.05, 3.63) is 0 Å². The zero-order valence-corrected chi connectivity index (χ0v) is 11.3. The van der Waals surface area contributed by atoms with Crippen LogP contribution in [0.15, 0.2) is 0 Å². The second-order valence-corrected chi connectivity index (χ2v) is 5.68. The van der Waals surface area contributed by atoms with Crippen molar-refractivity contribution in [2.24, 2.45) is 5.41 Å². The lowest BCUT2D eigenvalue weighted by Crippen LogP contribution is -2.63. The Kier molecular flexibility index (Phi) is 3.46. The fourth-order valence-corrected chi connectivity index (χ4v) is 3.16. The predicted molar refractivity (Wildman–Crippen MR) is 66.8 cm³/mol. The summed E-state index contributed by atoms with van der Waals surface area (Å²) >= 11 is 0. The third-order valence-electron chi connectivity index (χ3n) is 4.46. The van der Waals surface area contributed by atoms with Gasteiger partial charge in [0.2, 0.25) is 5.91 Å². The quantitative estimate of drug-likeness (QED) is 0.797. The maximum absolute atomic E-state index is 12.1. The van der Waals surface area contributed by atoms with Gasteiger partial charge in [-0.05, 0) is 26.8 Å². The molecular weight excluding hydrogens is 216 g/mol. The topological polar surface area (TPSA) is 41.6 Å². The zero-order valence-electron chi connectivity index (χ0n) is 11.3. The van der Waals surface area contributed by atoms with E-state index in [9.17, 15) is 4.79 Å². The van der Waals surface area contributed by atoms with Crippen LogP contribution in [-0.4, -0.2) is 49.2 Å². The number of carbonyl (C=O) groups excluding carboxylic acids is 1. The summed E-state index contributed by atoms with van der Waals surface area (Å²) in [6, 6.07) is 0.377. The highest BCUT2D eigenvalue weighted by Crippen LogP contribution is 2.46. The first kappa shape index (κ1) is 12.8. The van der Waals surface area contributed by atoms with Crippen molar-refractivity contribution >= 4 is 5.91 Å². The maximum atomic E-state index is 12.1. The largest absolute Gasteiger partial charge is 0.378 e. The Morgan fingerprint density at radius 2 is 2.24 bits per heavy atom. The van der Waals surface area contributed by atoms with Gasteiger partial charge >= 0.3 is 0 Å². The second kappa shape index (κ2) is 4.58. The standard InChI is InChI=1S/C13H24N2O2/c1-5-17-11-8-10(13(11,2)3)15-7-6-9(14-4)12(15)16/h9-11,14H,5-8H2,1-4H3. The molecule has 0 bridgehead atoms. The van der Waals surface area contributed by atoms with Crippen molar-refractivity contribution in [1.29, 1.82) is 0 Å². The SMILES string of the molecule is CCOC1CC(N2CCC(NC)C2=O)C1(C)C. The van der Waals surface area contributed by atoms with E-state index in [4.69, 9.17) is 4.74 Å². The van der Waals surface area contributed by atoms with Crippen LogP contribution in [0.4, 0.5) is 0 Å². The minimum Gasteiger partial charge on any atom is -0.378 e. The van der Waals surface area contributed by atoms with Gasteiger partial charge in [0.15, 0.2) is 0 Å². The molecular formula is C13H24N2O2. The smallest absolute Gasteiger partial charge is 0.240 e. The fourth-order valence-electron chi connectivity index (χ4n) is 3.16. The lowest BCUT2D eigenvalue weighted by molar-refractivity contribution is -0.163. The van der Waals surface area contributed by atoms with Gasteiger partial charge in [-0.25, -0.2) is 0 Å². The highest BCUT2D eigenvalue weighted by molar-refractivity contribution is 5.84. The van der Waals surface area contributed by atoms with E-state index in [1.807, 2.05) is 14.0 Å². The number of hydrogen-bond acceptors (Lipinski definition) is 3. The van der Waals surface area contributed by atoms with Crippen molar-refractivity contribution in [1.82, 2.24) is 10.2 Å². The summed E-state index contributed by atoms with van der Waals surface area (Å²) in [6.07, 6.45) is 2.23. The van der Waals surface area contributed by atoms with Crippen LogP contribution < -0.4 is 5.32 Å². The molecule has 1 N–H and O–H groups in total. The molecule has 1 heterocycles. The van der Waals surface area contributed by atoms with Gasteiger partial charge in [-0.3, -0.25) is 4.79 Å². The highest BCUT2D eigenvalue weighted by atomic mass is 16.5. The third-order valence-corrected chi connectivity index (χ3v) is 4.46. The van der Waals surface area contributed by atoms with Gasteiger partial charge in [-0.15, -0.1) is 0 Å². The number of nitrogens with zero attached hydrogens (tertiary/aromatic N) is 1. The minimum absolute atomic E-state index is 0.0249. The summed E-state index contributed by atoms with van der Waals surface area (Å²) < 4.78 is 5.72. The molecule has 0 aromatic carbocycles. The van der Waals surface area contributed by atoms with Gasteiger partial charge in [0.25, 0.3) is 0 Å². The molecule has 1 saturated carbocycles. The summed E-state index contributed by atoms with van der Waals surface area (Å²) in [7, 11) is 1.86. The first-order valence-electron chi connectivity index (χ1n) is 6.61. The van der Waals surface area contributed by atoms with Gasteiger partial charge in [0, 0.05) is 24.6 Å². The number of amides is 1. The van der Waals surface area contributed by atoms with E-state index in [0.717, 1.165) is 26.0 Å². The number of carbonyl (C=O) groups is 1. The van der Waals surface area contributed by atoms with Gasteiger partial charge in [-0.1, -0.05) is 13.8 Å². The van der Waals surface area contributed by atoms with E-state index in [0.29, 0.717) is 12.1 Å². The third kappa shape index (κ3) is 1.97. The van der Waals surface area contributed by atoms with Crippen LogP contribution in [0, 0.1) is 5.41 Å². The zero-order chi connectivity index (χ0) is 12.6. The van der Waals surface area contributed by atoms with E-state index >= 15 is 0 Å². The summed E-state index contributed by atoms with van der Waals surface area (Å²) in [4.78, 5) is 14.2. The van der Waals surface area contributed by atoms with E-state index in [2.05, 4.69) is 24.1 Å². The molecule has 2 aliphatic rings. The molecule has 1 amide bonds. The molecule has 1 aliphatic carbocycles. The Bertz CT molecular complexity index is 304. The van der Waals surface area contributed by atoms with Crippen LogP contribution in [-0.2, 0) is 9.53 Å². The Hall–Kier alpha value is -0.610. The van der Waals surface area contributed by atoms with Crippen LogP contribution >= 0.6 is 0 Å². The number of likely N-dealkylation sites (tertiary alicyclic amines) is 1. The van der Waals surface area contributed by atoms with Crippen LogP contribution in [0.1, 0.15) is 33.6 Å². The lowest BCUT2D eigenvalue weighted by Gasteiger charge is -2.55. The molecule has 4 nitrogen and oxygen atoms in total. The highest BCUT2D eigenvalue weighted by Gasteiger charge is 2.54. The van der Waals surface area contributed by atoms with Gasteiger partial charge in [0.1, 0.15) is 0 Å². The number of nitrogens with one attached hydrogen (secondary N) is 1. The van der Waals surface area contributed by atoms with E-state index in [-0.39, 0.29) is 17.4 Å². The van der Waals surface area contributed by atoms with Crippen molar-refractivity contribution in [2.45, 2.75) is 51.8 Å². The first-order chi connectivity index (χ1) is 8.02. The summed E-state index contributed by atoms with van der Waals surface area (Å²) in [5, 5.41) is 3.09. The van der Waals surface area contributed by atoms with Gasteiger partial charge in [-0.2, -0.15) is 0 Å². The molecule has 4 heteroatoms. The van der Waals surface area contributed by atoms with Crippen molar-refractivity contribution < 1.29 is 9.53 Å². The average molecular weight is 240 g/mol. The molecule has 1 aliphatic heterocycles. The monoisotopic (exact) mass is 240 g/mol. The maximum Gasteiger partial charge on any atom is 0.240 e. The van der Waals surface area contributed by atoms with Crippen LogP contribution in [0.3, 0.4) is 0 Å². The molecule has 3 atom stereocenters. The normalized spacial score (nSPS) is 36.1. The molecule has 0 aromatic heterocycles. The average Bonchev–Trinajstić information content (AvgIpc) is 2.65. The van der Waals surface area contributed by atoms with E-state index < -0.39 is 0 Å². The lowest BCUT2D eigenvalue weighted by atomic mass is 9.63. The Morgan fingerprint density at radius 1 is 1.53 bits per heavy atom. The molecule has 1 saturated heterocycles. The molecule has 3 unspecified atom stereocenters. The van der Waals surface area contributed by atoms with Gasteiger partial charge in [0.05, 0.1) is 12.1 Å². The van der Waals surface area contributed by atoms with Crippen molar-refractivity contribution in [3.63, 3.8) is 0 Å². The fraction of sp³-hybridized carbons (Fsp3) is 0.923. The van der Waals surface area contributed by atoms with Crippen LogP contribution in [0.5, 0.6) is 0 Å². The predicted octanol–water partition coefficient (Wildman–Crippen LogP) is 1.01. The molecule has 0 radical (unpaired) electrons. The van der Waals surface area contributed by atoms with E-state index in [1.54, 1.807) is 0 Å². The summed E-state index contributed by atoms with van der Waals surface area (Å²) in [6.45, 7) is 8.09. The number of rotatable bonds is 4. The molecule has 17 heavy (non-hydrogen) atoms. The molecule has 0 spiro atoms. The molecule has 2 fully saturated rings. The van der Waals surface area contributed by atoms with E-state index in [1.165, 1.54) is 0 Å². The Labute approximate surface area is 104 Å². The summed E-state index contributed by atoms with van der Waals surface area (Å²) in [5.74, 6) is 0.264. The van der Waals surface area contributed by atoms with Gasteiger partial charge < -0.3 is 15.0 Å². The number of hydrogen-bond donors (Lipinski definition) is 1. The van der Waals surface area contributed by atoms with Crippen molar-refractivity contribution in [3.8, 4) is 0 Å². The Balaban J connectivity index is 2.00. The first-order valence-corrected chi connectivity index (χ1v) is 6.61. The second-order valence-electron chi connectivity index (χ2n) is 5.68. The number of ether oxygens (including phenoxy) is 1.